The van der Waals surface area contributed by atoms with Crippen molar-refractivity contribution in [2.45, 2.75) is 5.92 Å². The molecule has 0 spiro atoms. The zero-order valence-corrected chi connectivity index (χ0v) is 16.7. The third-order valence-corrected chi connectivity index (χ3v) is 4.87. The minimum Gasteiger partial charge on any atom is -0.366 e. The molecular formula is C23H18N6O3. The predicted molar refractivity (Wildman–Crippen MR) is 119 cm³/mol. The molecule has 0 saturated heterocycles. The Labute approximate surface area is 182 Å². The van der Waals surface area contributed by atoms with Crippen LogP contribution in [0.1, 0.15) is 33.1 Å². The van der Waals surface area contributed by atoms with E-state index in [1.165, 1.54) is 12.3 Å². The zero-order chi connectivity index (χ0) is 22.5. The van der Waals surface area contributed by atoms with Crippen molar-refractivity contribution in [3.8, 4) is 0 Å². The van der Waals surface area contributed by atoms with Gasteiger partial charge in [-0.25, -0.2) is 10.5 Å². The topological polar surface area (TPSA) is 143 Å². The predicted octanol–water partition coefficient (Wildman–Crippen LogP) is 1.70. The first-order valence-corrected chi connectivity index (χ1v) is 9.65. The number of fused-ring (bicyclic) bond motifs is 1. The Morgan fingerprint density at radius 3 is 2.53 bits per heavy atom. The van der Waals surface area contributed by atoms with Crippen LogP contribution < -0.4 is 16.7 Å². The van der Waals surface area contributed by atoms with Crippen LogP contribution in [0.2, 0.25) is 0 Å². The third kappa shape index (κ3) is 4.12. The first kappa shape index (κ1) is 20.6. The lowest BCUT2D eigenvalue weighted by Gasteiger charge is -2.18. The molecule has 2 amide bonds. The molecule has 32 heavy (non-hydrogen) atoms. The van der Waals surface area contributed by atoms with Crippen molar-refractivity contribution in [2.24, 2.45) is 10.8 Å². The van der Waals surface area contributed by atoms with Crippen LogP contribution in [0.3, 0.4) is 0 Å². The summed E-state index contributed by atoms with van der Waals surface area (Å²) in [6.07, 6.45) is 4.66. The number of H-pyrrole nitrogens is 1. The summed E-state index contributed by atoms with van der Waals surface area (Å²) < 4.78 is 0. The fourth-order valence-corrected chi connectivity index (χ4v) is 3.43. The molecule has 158 valence electrons. The fourth-order valence-electron chi connectivity index (χ4n) is 3.43. The molecule has 2 heterocycles. The Morgan fingerprint density at radius 2 is 1.78 bits per heavy atom. The minimum atomic E-state index is -1.06. The van der Waals surface area contributed by atoms with E-state index in [4.69, 9.17) is 5.73 Å². The highest BCUT2D eigenvalue weighted by Crippen LogP contribution is 2.30. The van der Waals surface area contributed by atoms with Crippen molar-refractivity contribution >= 4 is 28.8 Å². The Kier molecular flexibility index (Phi) is 5.80. The quantitative estimate of drug-likeness (QED) is 0.318. The first-order valence-electron chi connectivity index (χ1n) is 9.65. The summed E-state index contributed by atoms with van der Waals surface area (Å²) in [6.45, 7) is 0. The molecule has 2 aromatic carbocycles. The first-order chi connectivity index (χ1) is 15.6. The molecule has 0 aliphatic rings. The van der Waals surface area contributed by atoms with Gasteiger partial charge in [0.05, 0.1) is 17.3 Å². The second-order valence-electron chi connectivity index (χ2n) is 6.89. The van der Waals surface area contributed by atoms with Crippen LogP contribution in [0, 0.1) is 0 Å². The van der Waals surface area contributed by atoms with Crippen molar-refractivity contribution in [1.29, 1.82) is 0 Å². The van der Waals surface area contributed by atoms with Crippen molar-refractivity contribution < 1.29 is 9.59 Å². The molecule has 2 aromatic heterocycles. The van der Waals surface area contributed by atoms with E-state index in [9.17, 15) is 14.4 Å². The Bertz CT molecular complexity index is 1380. The van der Waals surface area contributed by atoms with Gasteiger partial charge in [-0.05, 0) is 23.8 Å². The highest BCUT2D eigenvalue weighted by molar-refractivity contribution is 5.99. The molecule has 1 atom stereocenters. The van der Waals surface area contributed by atoms with E-state index in [0.29, 0.717) is 21.9 Å². The largest absolute Gasteiger partial charge is 0.366 e. The van der Waals surface area contributed by atoms with E-state index in [2.05, 4.69) is 25.7 Å². The van der Waals surface area contributed by atoms with Gasteiger partial charge in [0.25, 0.3) is 11.5 Å². The maximum Gasteiger partial charge on any atom is 0.272 e. The number of carbonyl (C=O) groups excluding carboxylic acids is 2. The molecule has 4 N–H and O–H groups in total. The van der Waals surface area contributed by atoms with Gasteiger partial charge in [0.2, 0.25) is 5.91 Å². The van der Waals surface area contributed by atoms with Crippen LogP contribution in [0.5, 0.6) is 0 Å². The molecule has 0 bridgehead atoms. The van der Waals surface area contributed by atoms with Crippen LogP contribution in [-0.4, -0.2) is 33.2 Å². The summed E-state index contributed by atoms with van der Waals surface area (Å²) in [5.41, 5.74) is 9.13. The molecule has 9 nitrogen and oxygen atoms in total. The number of carbonyl (C=O) groups is 2. The number of nitrogens with one attached hydrogen (secondary N) is 2. The Morgan fingerprint density at radius 1 is 1.03 bits per heavy atom. The number of aromatic amines is 1. The minimum absolute atomic E-state index is 0.168. The van der Waals surface area contributed by atoms with E-state index in [1.807, 2.05) is 0 Å². The van der Waals surface area contributed by atoms with Crippen molar-refractivity contribution in [3.05, 3.63) is 106 Å². The lowest BCUT2D eigenvalue weighted by Crippen LogP contribution is -2.30. The van der Waals surface area contributed by atoms with E-state index < -0.39 is 17.7 Å². The lowest BCUT2D eigenvalue weighted by molar-refractivity contribution is -0.121. The van der Waals surface area contributed by atoms with Gasteiger partial charge in [0, 0.05) is 28.9 Å². The van der Waals surface area contributed by atoms with Crippen molar-refractivity contribution in [1.82, 2.24) is 20.6 Å². The summed E-state index contributed by atoms with van der Waals surface area (Å²) in [5, 5.41) is 11.4. The molecule has 0 saturated carbocycles. The number of primary amides is 1. The number of amides is 2. The monoisotopic (exact) mass is 426 g/mol. The smallest absolute Gasteiger partial charge is 0.272 e. The number of nitrogens with two attached hydrogens (primary N) is 1. The normalized spacial score (nSPS) is 12.0. The number of aromatic nitrogens is 3. The maximum absolute atomic E-state index is 13.3. The van der Waals surface area contributed by atoms with Gasteiger partial charge >= 0.3 is 0 Å². The summed E-state index contributed by atoms with van der Waals surface area (Å²) in [7, 11) is 0. The van der Waals surface area contributed by atoms with Gasteiger partial charge in [-0.3, -0.25) is 19.4 Å². The lowest BCUT2D eigenvalue weighted by atomic mass is 9.88. The van der Waals surface area contributed by atoms with Gasteiger partial charge in [0.15, 0.2) is 0 Å². The van der Waals surface area contributed by atoms with Crippen molar-refractivity contribution in [2.75, 3.05) is 0 Å². The van der Waals surface area contributed by atoms with Crippen LogP contribution >= 0.6 is 0 Å². The van der Waals surface area contributed by atoms with E-state index in [-0.39, 0.29) is 16.8 Å². The average Bonchev–Trinajstić information content (AvgIpc) is 2.82. The summed E-state index contributed by atoms with van der Waals surface area (Å²) >= 11 is 0. The standard InChI is InChI=1S/C23H18N6O3/c24-21(30)17-9-3-1-7-15(17)19(23(32)28-26-13-14-6-5-11-25-12-14)20-16-8-2-4-10-18(16)22(31)29-27-20/h1-13,19H,(H2,24,30)(H,28,32)(H,29,31). The number of nitrogens with zero attached hydrogens (tertiary/aromatic N) is 3. The number of hydrogen-bond donors (Lipinski definition) is 3. The molecular weight excluding hydrogens is 408 g/mol. The second-order valence-corrected chi connectivity index (χ2v) is 6.89. The van der Waals surface area contributed by atoms with Crippen LogP contribution in [0.25, 0.3) is 10.8 Å². The van der Waals surface area contributed by atoms with Gasteiger partial charge in [-0.1, -0.05) is 42.5 Å². The van der Waals surface area contributed by atoms with Gasteiger partial charge in [0.1, 0.15) is 5.92 Å². The second kappa shape index (κ2) is 9.00. The summed E-state index contributed by atoms with van der Waals surface area (Å²) in [4.78, 5) is 41.6. The molecule has 0 aliphatic heterocycles. The van der Waals surface area contributed by atoms with Gasteiger partial charge < -0.3 is 5.73 Å². The SMILES string of the molecule is NC(=O)c1ccccc1C(C(=O)NN=Cc1cccnc1)c1n[nH]c(=O)c2ccccc12. The fraction of sp³-hybridized carbons (Fsp3) is 0.0435. The number of benzene rings is 2. The van der Waals surface area contributed by atoms with E-state index in [1.54, 1.807) is 67.0 Å². The summed E-state index contributed by atoms with van der Waals surface area (Å²) in [5.74, 6) is -2.30. The van der Waals surface area contributed by atoms with Crippen molar-refractivity contribution in [3.63, 3.8) is 0 Å². The highest BCUT2D eigenvalue weighted by atomic mass is 16.2. The molecule has 4 rings (SSSR count). The third-order valence-electron chi connectivity index (χ3n) is 4.87. The Balaban J connectivity index is 1.83. The zero-order valence-electron chi connectivity index (χ0n) is 16.7. The Hall–Kier alpha value is -4.66. The van der Waals surface area contributed by atoms with Crippen LogP contribution in [0.15, 0.2) is 83.0 Å². The van der Waals surface area contributed by atoms with Crippen LogP contribution in [-0.2, 0) is 4.79 Å². The summed E-state index contributed by atoms with van der Waals surface area (Å²) in [6, 6.07) is 16.8. The average molecular weight is 426 g/mol. The van der Waals surface area contributed by atoms with Gasteiger partial charge in [-0.2, -0.15) is 10.2 Å². The molecule has 4 aromatic rings. The molecule has 0 fully saturated rings. The molecule has 1 unspecified atom stereocenters. The van der Waals surface area contributed by atoms with E-state index in [0.717, 1.165) is 0 Å². The molecule has 0 aliphatic carbocycles. The number of pyridine rings is 1. The molecule has 9 heteroatoms. The van der Waals surface area contributed by atoms with E-state index >= 15 is 0 Å². The highest BCUT2D eigenvalue weighted by Gasteiger charge is 2.30. The number of hydrazone groups is 1. The number of rotatable bonds is 6. The number of hydrogen-bond acceptors (Lipinski definition) is 6. The maximum atomic E-state index is 13.3. The van der Waals surface area contributed by atoms with Crippen LogP contribution in [0.4, 0.5) is 0 Å². The molecule has 0 radical (unpaired) electrons. The van der Waals surface area contributed by atoms with Gasteiger partial charge in [-0.15, -0.1) is 0 Å².